The van der Waals surface area contributed by atoms with Gasteiger partial charge >= 0.3 is 0 Å². The lowest BCUT2D eigenvalue weighted by atomic mass is 9.85. The van der Waals surface area contributed by atoms with Crippen molar-refractivity contribution >= 4 is 29.3 Å². The predicted octanol–water partition coefficient (Wildman–Crippen LogP) is 5.17. The molecule has 4 nitrogen and oxygen atoms in total. The Hall–Kier alpha value is -0.0100. The highest BCUT2D eigenvalue weighted by molar-refractivity contribution is 8.20. The minimum Gasteiger partial charge on any atom is -0.381 e. The van der Waals surface area contributed by atoms with Gasteiger partial charge in [-0.3, -0.25) is 4.79 Å². The van der Waals surface area contributed by atoms with Gasteiger partial charge in [0.2, 0.25) is 0 Å². The van der Waals surface area contributed by atoms with Crippen molar-refractivity contribution in [2.24, 2.45) is 22.7 Å². The summed E-state index contributed by atoms with van der Waals surface area (Å²) in [6.45, 7) is 12.9. The molecule has 1 aliphatic carbocycles. The highest BCUT2D eigenvalue weighted by Gasteiger charge is 2.53. The van der Waals surface area contributed by atoms with Gasteiger partial charge < -0.3 is 14.2 Å². The second-order valence-corrected chi connectivity index (χ2v) is 12.9. The van der Waals surface area contributed by atoms with Crippen LogP contribution in [0.1, 0.15) is 53.9 Å². The number of hydrogen-bond donors (Lipinski definition) is 0. The van der Waals surface area contributed by atoms with Gasteiger partial charge in [0.05, 0.1) is 29.8 Å². The van der Waals surface area contributed by atoms with Crippen LogP contribution < -0.4 is 0 Å². The normalized spacial score (nSPS) is 29.8. The Balaban J connectivity index is 1.72. The van der Waals surface area contributed by atoms with Crippen LogP contribution in [0.3, 0.4) is 0 Å². The molecule has 0 aromatic heterocycles. The molecular weight excluding hydrogens is 404 g/mol. The van der Waals surface area contributed by atoms with Crippen LogP contribution in [0.4, 0.5) is 0 Å². The van der Waals surface area contributed by atoms with E-state index >= 15 is 0 Å². The lowest BCUT2D eigenvalue weighted by molar-refractivity contribution is -0.315. The number of thioether (sulfide) groups is 2. The zero-order chi connectivity index (χ0) is 21.1. The van der Waals surface area contributed by atoms with Crippen LogP contribution in [0, 0.1) is 22.7 Å². The van der Waals surface area contributed by atoms with Crippen molar-refractivity contribution in [3.63, 3.8) is 0 Å². The van der Waals surface area contributed by atoms with Crippen molar-refractivity contribution in [1.29, 1.82) is 0 Å². The fraction of sp³-hybridized carbons (Fsp3) is 0.870. The zero-order valence-electron chi connectivity index (χ0n) is 18.7. The summed E-state index contributed by atoms with van der Waals surface area (Å²) in [5.41, 5.74) is -0.419. The third kappa shape index (κ3) is 5.82. The summed E-state index contributed by atoms with van der Waals surface area (Å²) in [4.78, 5) is 12.8. The first-order valence-electron chi connectivity index (χ1n) is 11.0. The highest BCUT2D eigenvalue weighted by atomic mass is 32.2. The van der Waals surface area contributed by atoms with Gasteiger partial charge in [-0.25, -0.2) is 0 Å². The number of hydrogen-bond acceptors (Lipinski definition) is 6. The quantitative estimate of drug-likeness (QED) is 0.484. The zero-order valence-corrected chi connectivity index (χ0v) is 20.3. The first-order valence-corrected chi connectivity index (χ1v) is 13.1. The molecule has 1 spiro atoms. The molecule has 0 aromatic carbocycles. The fourth-order valence-electron chi connectivity index (χ4n) is 4.36. The van der Waals surface area contributed by atoms with Crippen LogP contribution in [0.25, 0.3) is 0 Å². The Kier molecular flexibility index (Phi) is 7.86. The minimum atomic E-state index is -0.489. The maximum Gasteiger partial charge on any atom is 0.171 e. The second-order valence-electron chi connectivity index (χ2n) is 10.0. The molecule has 2 aliphatic heterocycles. The molecule has 1 saturated carbocycles. The van der Waals surface area contributed by atoms with E-state index < -0.39 is 11.2 Å². The Morgan fingerprint density at radius 3 is 2.48 bits per heavy atom. The molecule has 6 heteroatoms. The molecule has 0 radical (unpaired) electrons. The topological polar surface area (TPSA) is 44.8 Å². The summed E-state index contributed by atoms with van der Waals surface area (Å²) >= 11 is 4.12. The lowest BCUT2D eigenvalue weighted by Gasteiger charge is -2.45. The third-order valence-electron chi connectivity index (χ3n) is 6.29. The molecule has 0 amide bonds. The molecule has 0 N–H and O–H groups in total. The number of carbonyl (C=O) groups is 1. The lowest BCUT2D eigenvalue weighted by Crippen LogP contribution is -2.50. The maximum absolute atomic E-state index is 12.8. The highest BCUT2D eigenvalue weighted by Crippen LogP contribution is 2.52. The summed E-state index contributed by atoms with van der Waals surface area (Å²) in [5.74, 6) is 2.76. The molecule has 3 aliphatic rings. The Morgan fingerprint density at radius 1 is 1.21 bits per heavy atom. The van der Waals surface area contributed by atoms with E-state index in [2.05, 4.69) is 43.4 Å². The summed E-state index contributed by atoms with van der Waals surface area (Å²) in [5, 5.41) is 0. The smallest absolute Gasteiger partial charge is 0.171 e. The van der Waals surface area contributed by atoms with Crippen LogP contribution in [0.15, 0.2) is 12.2 Å². The Morgan fingerprint density at radius 2 is 1.86 bits per heavy atom. The van der Waals surface area contributed by atoms with Crippen molar-refractivity contribution in [2.75, 3.05) is 37.9 Å². The SMILES string of the molecule is CCOCC(C)(C)C(=O)/C=C/C1CCC2(OCC(C)(C)CO2)C1CC1SCCS1. The van der Waals surface area contributed by atoms with Crippen molar-refractivity contribution in [3.05, 3.63) is 12.2 Å². The van der Waals surface area contributed by atoms with E-state index in [1.165, 1.54) is 11.5 Å². The molecule has 3 fully saturated rings. The van der Waals surface area contributed by atoms with Gasteiger partial charge in [-0.05, 0) is 31.8 Å². The molecule has 2 unspecified atom stereocenters. The second kappa shape index (κ2) is 9.64. The molecule has 3 rings (SSSR count). The van der Waals surface area contributed by atoms with E-state index in [-0.39, 0.29) is 11.2 Å². The summed E-state index contributed by atoms with van der Waals surface area (Å²) < 4.78 is 19.0. The summed E-state index contributed by atoms with van der Waals surface area (Å²) in [6, 6.07) is 0. The van der Waals surface area contributed by atoms with Gasteiger partial charge in [0.15, 0.2) is 11.6 Å². The average molecular weight is 443 g/mol. The van der Waals surface area contributed by atoms with Gasteiger partial charge in [0.1, 0.15) is 0 Å². The van der Waals surface area contributed by atoms with Crippen LogP contribution in [-0.4, -0.2) is 54.1 Å². The number of allylic oxidation sites excluding steroid dienone is 2. The molecule has 0 aromatic rings. The minimum absolute atomic E-state index is 0.0693. The third-order valence-corrected chi connectivity index (χ3v) is 9.37. The van der Waals surface area contributed by atoms with E-state index in [0.29, 0.717) is 29.6 Å². The number of ketones is 1. The van der Waals surface area contributed by atoms with Crippen molar-refractivity contribution in [3.8, 4) is 0 Å². The summed E-state index contributed by atoms with van der Waals surface area (Å²) in [7, 11) is 0. The van der Waals surface area contributed by atoms with Crippen LogP contribution in [-0.2, 0) is 19.0 Å². The van der Waals surface area contributed by atoms with E-state index in [1.54, 1.807) is 6.08 Å². The Labute approximate surface area is 185 Å². The van der Waals surface area contributed by atoms with Gasteiger partial charge in [-0.1, -0.05) is 33.8 Å². The maximum atomic E-state index is 12.8. The molecule has 2 heterocycles. The largest absolute Gasteiger partial charge is 0.381 e. The van der Waals surface area contributed by atoms with Gasteiger partial charge in [0.25, 0.3) is 0 Å². The molecule has 166 valence electrons. The van der Waals surface area contributed by atoms with Crippen molar-refractivity contribution in [2.45, 2.75) is 64.3 Å². The van der Waals surface area contributed by atoms with Crippen molar-refractivity contribution in [1.82, 2.24) is 0 Å². The van der Waals surface area contributed by atoms with E-state index in [1.807, 2.05) is 20.8 Å². The standard InChI is InChI=1S/C23H38O4S2/c1-6-25-16-22(4,5)19(24)8-7-17-9-10-23(26-14-21(2,3)15-27-23)18(17)13-20-28-11-12-29-20/h7-8,17-18,20H,6,9-16H2,1-5H3/b8-7+. The van der Waals surface area contributed by atoms with Crippen LogP contribution >= 0.6 is 23.5 Å². The monoisotopic (exact) mass is 442 g/mol. The van der Waals surface area contributed by atoms with Crippen LogP contribution in [0.2, 0.25) is 0 Å². The first-order chi connectivity index (χ1) is 13.7. The number of ether oxygens (including phenoxy) is 3. The first kappa shape index (κ1) is 23.6. The molecular formula is C23H38O4S2. The van der Waals surface area contributed by atoms with Gasteiger partial charge in [-0.15, -0.1) is 23.5 Å². The Bertz CT molecular complexity index is 586. The average Bonchev–Trinajstić information content (AvgIpc) is 3.30. The van der Waals surface area contributed by atoms with Gasteiger partial charge in [0, 0.05) is 35.9 Å². The van der Waals surface area contributed by atoms with Gasteiger partial charge in [-0.2, -0.15) is 0 Å². The molecule has 2 atom stereocenters. The fourth-order valence-corrected chi connectivity index (χ4v) is 7.30. The predicted molar refractivity (Wildman–Crippen MR) is 122 cm³/mol. The van der Waals surface area contributed by atoms with E-state index in [4.69, 9.17) is 14.2 Å². The van der Waals surface area contributed by atoms with E-state index in [9.17, 15) is 4.79 Å². The molecule has 2 saturated heterocycles. The van der Waals surface area contributed by atoms with Crippen molar-refractivity contribution < 1.29 is 19.0 Å². The molecule has 29 heavy (non-hydrogen) atoms. The van der Waals surface area contributed by atoms with E-state index in [0.717, 1.165) is 32.5 Å². The summed E-state index contributed by atoms with van der Waals surface area (Å²) in [6.07, 6.45) is 6.97. The van der Waals surface area contributed by atoms with Crippen LogP contribution in [0.5, 0.6) is 0 Å². The number of rotatable bonds is 8. The number of carbonyl (C=O) groups excluding carboxylic acids is 1. The molecule has 0 bridgehead atoms.